The molecule has 1 fully saturated rings. The third-order valence-electron chi connectivity index (χ3n) is 3.61. The predicted octanol–water partition coefficient (Wildman–Crippen LogP) is 1.59. The highest BCUT2D eigenvalue weighted by Gasteiger charge is 2.30. The van der Waals surface area contributed by atoms with Crippen molar-refractivity contribution in [3.05, 3.63) is 11.7 Å². The quantitative estimate of drug-likeness (QED) is 0.659. The van der Waals surface area contributed by atoms with Crippen LogP contribution in [0.4, 0.5) is 0 Å². The molecule has 1 aromatic rings. The first kappa shape index (κ1) is 14.0. The molecule has 6 heteroatoms. The van der Waals surface area contributed by atoms with Crippen LogP contribution in [0.15, 0.2) is 4.52 Å². The van der Waals surface area contributed by atoms with Crippen LogP contribution in [-0.4, -0.2) is 29.3 Å². The summed E-state index contributed by atoms with van der Waals surface area (Å²) in [6.07, 6.45) is 5.26. The smallest absolute Gasteiger partial charge is 0.310 e. The lowest BCUT2D eigenvalue weighted by Gasteiger charge is -2.23. The molecule has 6 nitrogen and oxygen atoms in total. The maximum atomic E-state index is 11.8. The summed E-state index contributed by atoms with van der Waals surface area (Å²) in [7, 11) is 1.45. The number of carbonyl (C=O) groups excluding carboxylic acids is 1. The number of aromatic nitrogens is 2. The number of aryl methyl sites for hydroxylation is 1. The minimum absolute atomic E-state index is 0.0690. The number of nitrogens with one attached hydrogen (secondary N) is 1. The monoisotopic (exact) mass is 267 g/mol. The van der Waals surface area contributed by atoms with Crippen LogP contribution in [0.25, 0.3) is 0 Å². The molecule has 1 aliphatic rings. The Balaban J connectivity index is 1.95. The highest BCUT2D eigenvalue weighted by atomic mass is 16.5. The van der Waals surface area contributed by atoms with E-state index in [-0.39, 0.29) is 17.9 Å². The van der Waals surface area contributed by atoms with Crippen LogP contribution in [0.5, 0.6) is 0 Å². The molecule has 0 saturated heterocycles. The number of carbonyl (C=O) groups is 1. The molecule has 19 heavy (non-hydrogen) atoms. The normalized spacial score (nSPS) is 23.9. The average Bonchev–Trinajstić information content (AvgIpc) is 2.69. The van der Waals surface area contributed by atoms with Crippen LogP contribution < -0.4 is 5.32 Å². The van der Waals surface area contributed by atoms with Gasteiger partial charge in [-0.05, 0) is 12.8 Å². The Bertz CT molecular complexity index is 419. The lowest BCUT2D eigenvalue weighted by atomic mass is 9.95. The Hall–Kier alpha value is -1.43. The van der Waals surface area contributed by atoms with Gasteiger partial charge in [-0.15, -0.1) is 0 Å². The Morgan fingerprint density at radius 3 is 2.89 bits per heavy atom. The molecule has 1 heterocycles. The van der Waals surface area contributed by atoms with E-state index < -0.39 is 0 Å². The van der Waals surface area contributed by atoms with E-state index in [2.05, 4.69) is 15.5 Å². The predicted molar refractivity (Wildman–Crippen MR) is 68.3 cm³/mol. The van der Waals surface area contributed by atoms with Crippen molar-refractivity contribution in [2.24, 2.45) is 5.92 Å². The van der Waals surface area contributed by atoms with Gasteiger partial charge in [-0.25, -0.2) is 0 Å². The van der Waals surface area contributed by atoms with Crippen LogP contribution in [0, 0.1) is 12.8 Å². The maximum absolute atomic E-state index is 11.8. The van der Waals surface area contributed by atoms with Gasteiger partial charge in [0.05, 0.1) is 19.6 Å². The van der Waals surface area contributed by atoms with Crippen molar-refractivity contribution in [2.75, 3.05) is 7.11 Å². The minimum Gasteiger partial charge on any atom is -0.469 e. The second kappa shape index (κ2) is 6.65. The molecule has 0 aromatic carbocycles. The van der Waals surface area contributed by atoms with E-state index in [1.54, 1.807) is 6.92 Å². The Morgan fingerprint density at radius 2 is 2.21 bits per heavy atom. The molecule has 0 aliphatic heterocycles. The Labute approximate surface area is 112 Å². The molecule has 0 unspecified atom stereocenters. The van der Waals surface area contributed by atoms with E-state index in [9.17, 15) is 4.79 Å². The first-order valence-corrected chi connectivity index (χ1v) is 6.81. The van der Waals surface area contributed by atoms with Crippen molar-refractivity contribution < 1.29 is 14.1 Å². The zero-order valence-corrected chi connectivity index (χ0v) is 11.5. The lowest BCUT2D eigenvalue weighted by Crippen LogP contribution is -2.39. The lowest BCUT2D eigenvalue weighted by molar-refractivity contribution is -0.146. The Morgan fingerprint density at radius 1 is 1.42 bits per heavy atom. The molecule has 0 spiro atoms. The van der Waals surface area contributed by atoms with Crippen molar-refractivity contribution in [2.45, 2.75) is 51.6 Å². The van der Waals surface area contributed by atoms with Crippen molar-refractivity contribution in [1.29, 1.82) is 0 Å². The Kier molecular flexibility index (Phi) is 4.90. The molecule has 0 radical (unpaired) electrons. The number of rotatable bonds is 4. The number of hydrogen-bond donors (Lipinski definition) is 1. The van der Waals surface area contributed by atoms with Gasteiger partial charge in [0.15, 0.2) is 5.82 Å². The van der Waals surface area contributed by atoms with E-state index in [1.165, 1.54) is 13.5 Å². The first-order valence-electron chi connectivity index (χ1n) is 6.81. The molecule has 0 bridgehead atoms. The fraction of sp³-hybridized carbons (Fsp3) is 0.769. The zero-order valence-electron chi connectivity index (χ0n) is 11.5. The fourth-order valence-electron chi connectivity index (χ4n) is 2.62. The zero-order chi connectivity index (χ0) is 13.7. The SMILES string of the molecule is COC(=O)[C@@H]1CCCCC[C@@H]1NCc1noc(C)n1. The standard InChI is InChI=1S/C13H21N3O3/c1-9-15-12(16-19-9)8-14-11-7-5-3-4-6-10(11)13(17)18-2/h10-11,14H,3-8H2,1-2H3/t10-,11+/m1/s1. The molecule has 1 aromatic heterocycles. The van der Waals surface area contributed by atoms with Gasteiger partial charge in [-0.2, -0.15) is 4.98 Å². The van der Waals surface area contributed by atoms with Crippen molar-refractivity contribution in [3.63, 3.8) is 0 Å². The highest BCUT2D eigenvalue weighted by molar-refractivity contribution is 5.73. The van der Waals surface area contributed by atoms with Gasteiger partial charge in [0.2, 0.25) is 5.89 Å². The van der Waals surface area contributed by atoms with Gasteiger partial charge in [0.25, 0.3) is 0 Å². The highest BCUT2D eigenvalue weighted by Crippen LogP contribution is 2.24. The summed E-state index contributed by atoms with van der Waals surface area (Å²) in [5.41, 5.74) is 0. The van der Waals surface area contributed by atoms with Crippen LogP contribution in [0.2, 0.25) is 0 Å². The number of methoxy groups -OCH3 is 1. The van der Waals surface area contributed by atoms with E-state index in [0.29, 0.717) is 18.3 Å². The fourth-order valence-corrected chi connectivity index (χ4v) is 2.62. The largest absolute Gasteiger partial charge is 0.469 e. The van der Waals surface area contributed by atoms with Crippen molar-refractivity contribution in [1.82, 2.24) is 15.5 Å². The number of hydrogen-bond acceptors (Lipinski definition) is 6. The second-order valence-electron chi connectivity index (χ2n) is 4.98. The molecule has 106 valence electrons. The topological polar surface area (TPSA) is 77.2 Å². The minimum atomic E-state index is -0.122. The van der Waals surface area contributed by atoms with E-state index >= 15 is 0 Å². The molecule has 2 rings (SSSR count). The summed E-state index contributed by atoms with van der Waals surface area (Å²) >= 11 is 0. The van der Waals surface area contributed by atoms with Crippen LogP contribution in [0.1, 0.15) is 43.8 Å². The summed E-state index contributed by atoms with van der Waals surface area (Å²) in [6.45, 7) is 2.29. The molecule has 1 N–H and O–H groups in total. The molecule has 1 aliphatic carbocycles. The molecule has 0 amide bonds. The van der Waals surface area contributed by atoms with E-state index in [4.69, 9.17) is 9.26 Å². The van der Waals surface area contributed by atoms with E-state index in [1.807, 2.05) is 0 Å². The van der Waals surface area contributed by atoms with Gasteiger partial charge < -0.3 is 14.6 Å². The summed E-state index contributed by atoms with van der Waals surface area (Å²) in [4.78, 5) is 16.0. The van der Waals surface area contributed by atoms with E-state index in [0.717, 1.165) is 25.7 Å². The number of nitrogens with zero attached hydrogens (tertiary/aromatic N) is 2. The van der Waals surface area contributed by atoms with Crippen molar-refractivity contribution in [3.8, 4) is 0 Å². The van der Waals surface area contributed by atoms with Gasteiger partial charge in [0.1, 0.15) is 0 Å². The maximum Gasteiger partial charge on any atom is 0.310 e. The van der Waals surface area contributed by atoms with Gasteiger partial charge in [-0.1, -0.05) is 24.4 Å². The van der Waals surface area contributed by atoms with Gasteiger partial charge >= 0.3 is 5.97 Å². The third-order valence-corrected chi connectivity index (χ3v) is 3.61. The van der Waals surface area contributed by atoms with Gasteiger partial charge in [-0.3, -0.25) is 4.79 Å². The number of esters is 1. The van der Waals surface area contributed by atoms with Crippen LogP contribution >= 0.6 is 0 Å². The summed E-state index contributed by atoms with van der Waals surface area (Å²) < 4.78 is 9.83. The average molecular weight is 267 g/mol. The van der Waals surface area contributed by atoms with Crippen LogP contribution in [0.3, 0.4) is 0 Å². The summed E-state index contributed by atoms with van der Waals surface area (Å²) in [6, 6.07) is 0.133. The first-order chi connectivity index (χ1) is 9.20. The summed E-state index contributed by atoms with van der Waals surface area (Å²) in [5.74, 6) is 0.997. The molecule has 1 saturated carbocycles. The molecular weight excluding hydrogens is 246 g/mol. The third kappa shape index (κ3) is 3.76. The van der Waals surface area contributed by atoms with Crippen LogP contribution in [-0.2, 0) is 16.1 Å². The summed E-state index contributed by atoms with van der Waals surface area (Å²) in [5, 5.41) is 7.22. The number of ether oxygens (including phenoxy) is 1. The van der Waals surface area contributed by atoms with Gasteiger partial charge in [0, 0.05) is 13.0 Å². The second-order valence-corrected chi connectivity index (χ2v) is 4.98. The van der Waals surface area contributed by atoms with Crippen molar-refractivity contribution >= 4 is 5.97 Å². The molecule has 2 atom stereocenters. The molecular formula is C13H21N3O3.